The minimum Gasteiger partial charge on any atom is -0.383 e. The third-order valence-corrected chi connectivity index (χ3v) is 3.11. The first-order chi connectivity index (χ1) is 10.0. The van der Waals surface area contributed by atoms with Gasteiger partial charge >= 0.3 is 0 Å². The highest BCUT2D eigenvalue weighted by Gasteiger charge is 2.12. The van der Waals surface area contributed by atoms with Crippen LogP contribution in [-0.4, -0.2) is 24.0 Å². The van der Waals surface area contributed by atoms with Crippen LogP contribution in [0, 0.1) is 18.3 Å². The lowest BCUT2D eigenvalue weighted by Crippen LogP contribution is -2.12. The Balaban J connectivity index is 2.72. The highest BCUT2D eigenvalue weighted by Crippen LogP contribution is 2.25. The lowest BCUT2D eigenvalue weighted by molar-refractivity contribution is 0.567. The monoisotopic (exact) mass is 279 g/mol. The molecule has 106 valence electrons. The van der Waals surface area contributed by atoms with Gasteiger partial charge in [-0.2, -0.15) is 5.26 Å². The Morgan fingerprint density at radius 2 is 2.10 bits per heavy atom. The summed E-state index contributed by atoms with van der Waals surface area (Å²) in [6, 6.07) is 9.96. The summed E-state index contributed by atoms with van der Waals surface area (Å²) in [5, 5.41) is 9.27. The number of rotatable bonds is 3. The number of hydrogen-bond acceptors (Lipinski definition) is 3. The van der Waals surface area contributed by atoms with Gasteiger partial charge in [0.15, 0.2) is 0 Å². The Morgan fingerprint density at radius 1 is 1.33 bits per heavy atom. The molecule has 0 unspecified atom stereocenters. The lowest BCUT2D eigenvalue weighted by Gasteiger charge is -2.10. The van der Waals surface area contributed by atoms with E-state index < -0.39 is 0 Å². The summed E-state index contributed by atoms with van der Waals surface area (Å²) in [6.07, 6.45) is 5.29. The molecule has 0 fully saturated rings. The van der Waals surface area contributed by atoms with Crippen LogP contribution in [-0.2, 0) is 0 Å². The second kappa shape index (κ2) is 6.10. The molecule has 0 aliphatic heterocycles. The summed E-state index contributed by atoms with van der Waals surface area (Å²) in [6.45, 7) is 2.01. The van der Waals surface area contributed by atoms with Gasteiger partial charge in [-0.15, -0.1) is 0 Å². The van der Waals surface area contributed by atoms with Crippen molar-refractivity contribution >= 4 is 6.08 Å². The van der Waals surface area contributed by atoms with E-state index in [4.69, 9.17) is 0 Å². The highest BCUT2D eigenvalue weighted by molar-refractivity contribution is 5.77. The molecule has 0 spiro atoms. The first kappa shape index (κ1) is 14.6. The first-order valence-electron chi connectivity index (χ1n) is 6.60. The molecule has 0 atom stereocenters. The van der Waals surface area contributed by atoms with Crippen LogP contribution in [0.4, 0.5) is 0 Å². The van der Waals surface area contributed by atoms with Crippen LogP contribution in [0.2, 0.25) is 0 Å². The molecule has 0 saturated carbocycles. The molecule has 2 rings (SSSR count). The molecule has 0 saturated heterocycles. The zero-order valence-corrected chi connectivity index (χ0v) is 12.3. The van der Waals surface area contributed by atoms with Gasteiger partial charge in [0, 0.05) is 31.4 Å². The number of hydrogen-bond donors (Lipinski definition) is 1. The van der Waals surface area contributed by atoms with Gasteiger partial charge in [-0.05, 0) is 24.8 Å². The summed E-state index contributed by atoms with van der Waals surface area (Å²) in [5.74, 6) is 0. The van der Waals surface area contributed by atoms with E-state index in [-0.39, 0.29) is 11.1 Å². The SMILES string of the molecule is Cc1cccc(-c2c[nH]c(=O)c(C#N)c2C=CN(C)C)c1. The van der Waals surface area contributed by atoms with Crippen molar-refractivity contribution in [3.63, 3.8) is 0 Å². The quantitative estimate of drug-likeness (QED) is 0.939. The van der Waals surface area contributed by atoms with Crippen molar-refractivity contribution < 1.29 is 0 Å². The molecule has 21 heavy (non-hydrogen) atoms. The smallest absolute Gasteiger partial charge is 0.266 e. The Morgan fingerprint density at radius 3 is 2.71 bits per heavy atom. The molecule has 1 aromatic carbocycles. The molecule has 1 aromatic heterocycles. The van der Waals surface area contributed by atoms with Crippen LogP contribution in [0.1, 0.15) is 16.7 Å². The summed E-state index contributed by atoms with van der Waals surface area (Å²) in [4.78, 5) is 16.3. The largest absolute Gasteiger partial charge is 0.383 e. The standard InChI is InChI=1S/C17H17N3O/c1-12-5-4-6-13(9-12)16-11-19-17(21)15(10-18)14(16)7-8-20(2)3/h4-9,11H,1-3H3,(H,19,21). The molecule has 2 aromatic rings. The van der Waals surface area contributed by atoms with Gasteiger partial charge in [-0.3, -0.25) is 4.79 Å². The highest BCUT2D eigenvalue weighted by atomic mass is 16.1. The normalized spacial score (nSPS) is 10.6. The van der Waals surface area contributed by atoms with Crippen molar-refractivity contribution in [2.24, 2.45) is 0 Å². The lowest BCUT2D eigenvalue weighted by atomic mass is 9.97. The number of aromatic nitrogens is 1. The van der Waals surface area contributed by atoms with E-state index in [1.165, 1.54) is 0 Å². The Bertz CT molecular complexity index is 779. The van der Waals surface area contributed by atoms with E-state index in [0.29, 0.717) is 5.56 Å². The van der Waals surface area contributed by atoms with Crippen LogP contribution in [0.3, 0.4) is 0 Å². The number of pyridine rings is 1. The molecule has 4 nitrogen and oxygen atoms in total. The van der Waals surface area contributed by atoms with Gasteiger partial charge in [0.1, 0.15) is 11.6 Å². The summed E-state index contributed by atoms with van der Waals surface area (Å²) >= 11 is 0. The second-order valence-corrected chi connectivity index (χ2v) is 5.08. The van der Waals surface area contributed by atoms with E-state index in [1.807, 2.05) is 62.5 Å². The number of aromatic amines is 1. The molecule has 0 amide bonds. The molecule has 0 radical (unpaired) electrons. The van der Waals surface area contributed by atoms with Crippen LogP contribution < -0.4 is 5.56 Å². The summed E-state index contributed by atoms with van der Waals surface area (Å²) in [7, 11) is 3.78. The molecular weight excluding hydrogens is 262 g/mol. The number of nitrogens with zero attached hydrogens (tertiary/aromatic N) is 2. The average Bonchev–Trinajstić information content (AvgIpc) is 2.45. The van der Waals surface area contributed by atoms with Gasteiger partial charge in [0.2, 0.25) is 0 Å². The van der Waals surface area contributed by atoms with Crippen molar-refractivity contribution in [3.05, 3.63) is 63.7 Å². The first-order valence-corrected chi connectivity index (χ1v) is 6.60. The van der Waals surface area contributed by atoms with Crippen molar-refractivity contribution in [1.29, 1.82) is 5.26 Å². The van der Waals surface area contributed by atoms with E-state index in [9.17, 15) is 10.1 Å². The Hall–Kier alpha value is -2.80. The molecule has 0 aliphatic carbocycles. The third-order valence-electron chi connectivity index (χ3n) is 3.11. The van der Waals surface area contributed by atoms with Gasteiger partial charge in [-0.1, -0.05) is 29.8 Å². The number of H-pyrrole nitrogens is 1. The van der Waals surface area contributed by atoms with Crippen molar-refractivity contribution in [2.75, 3.05) is 14.1 Å². The van der Waals surface area contributed by atoms with Crippen molar-refractivity contribution in [2.45, 2.75) is 6.92 Å². The Kier molecular flexibility index (Phi) is 4.24. The zero-order valence-electron chi connectivity index (χ0n) is 12.3. The van der Waals surface area contributed by atoms with Gasteiger partial charge in [0.25, 0.3) is 5.56 Å². The van der Waals surface area contributed by atoms with Crippen LogP contribution in [0.25, 0.3) is 17.2 Å². The maximum absolute atomic E-state index is 11.8. The summed E-state index contributed by atoms with van der Waals surface area (Å²) in [5.41, 5.74) is 3.34. The minimum atomic E-state index is -0.368. The molecule has 1 N–H and O–H groups in total. The van der Waals surface area contributed by atoms with Crippen LogP contribution in [0.5, 0.6) is 0 Å². The molecule has 1 heterocycles. The fourth-order valence-corrected chi connectivity index (χ4v) is 2.10. The fourth-order valence-electron chi connectivity index (χ4n) is 2.10. The Labute approximate surface area is 124 Å². The molecular formula is C17H17N3O. The third kappa shape index (κ3) is 3.21. The van der Waals surface area contributed by atoms with E-state index in [0.717, 1.165) is 16.7 Å². The van der Waals surface area contributed by atoms with E-state index in [1.54, 1.807) is 12.3 Å². The predicted molar refractivity (Wildman–Crippen MR) is 84.7 cm³/mol. The second-order valence-electron chi connectivity index (χ2n) is 5.08. The average molecular weight is 279 g/mol. The van der Waals surface area contributed by atoms with E-state index in [2.05, 4.69) is 4.98 Å². The van der Waals surface area contributed by atoms with Crippen molar-refractivity contribution in [1.82, 2.24) is 9.88 Å². The van der Waals surface area contributed by atoms with Gasteiger partial charge < -0.3 is 9.88 Å². The molecule has 0 aliphatic rings. The van der Waals surface area contributed by atoms with Crippen LogP contribution in [0.15, 0.2) is 41.5 Å². The fraction of sp³-hybridized carbons (Fsp3) is 0.176. The zero-order chi connectivity index (χ0) is 15.4. The number of aryl methyl sites for hydroxylation is 1. The topological polar surface area (TPSA) is 59.9 Å². The maximum atomic E-state index is 11.8. The number of nitrogens with one attached hydrogen (secondary N) is 1. The van der Waals surface area contributed by atoms with Gasteiger partial charge in [0.05, 0.1) is 0 Å². The van der Waals surface area contributed by atoms with E-state index >= 15 is 0 Å². The van der Waals surface area contributed by atoms with Crippen molar-refractivity contribution in [3.8, 4) is 17.2 Å². The van der Waals surface area contributed by atoms with Gasteiger partial charge in [-0.25, -0.2) is 0 Å². The maximum Gasteiger partial charge on any atom is 0.266 e. The number of benzene rings is 1. The molecule has 0 bridgehead atoms. The number of nitriles is 1. The predicted octanol–water partition coefficient (Wildman–Crippen LogP) is 2.75. The summed E-state index contributed by atoms with van der Waals surface area (Å²) < 4.78 is 0. The van der Waals surface area contributed by atoms with Crippen LogP contribution >= 0.6 is 0 Å². The minimum absolute atomic E-state index is 0.132. The molecule has 4 heteroatoms.